The highest BCUT2D eigenvalue weighted by atomic mass is 16.5. The zero-order valence-corrected chi connectivity index (χ0v) is 18.7. The molecular weight excluding hydrogens is 402 g/mol. The zero-order chi connectivity index (χ0) is 22.8. The molecule has 1 amide bonds. The van der Waals surface area contributed by atoms with Gasteiger partial charge < -0.3 is 20.5 Å². The first-order valence-electron chi connectivity index (χ1n) is 10.9. The maximum atomic E-state index is 12.3. The molecule has 1 aromatic heterocycles. The summed E-state index contributed by atoms with van der Waals surface area (Å²) in [4.78, 5) is 16.7. The largest absolute Gasteiger partial charge is 0.491 e. The SMILES string of the molecule is Cc1cc(C)nc(CC(=O)Nc2ccc(CCNC[C@H](O)COc3ccccc3)cc2)c1. The van der Waals surface area contributed by atoms with Crippen LogP contribution in [-0.4, -0.2) is 41.8 Å². The molecule has 3 rings (SSSR count). The van der Waals surface area contributed by atoms with Gasteiger partial charge in [0, 0.05) is 17.9 Å². The molecule has 0 spiro atoms. The van der Waals surface area contributed by atoms with Crippen LogP contribution in [0.5, 0.6) is 5.75 Å². The first kappa shape index (κ1) is 23.4. The Hall–Kier alpha value is -3.22. The number of aliphatic hydroxyl groups excluding tert-OH is 1. The van der Waals surface area contributed by atoms with Crippen molar-refractivity contribution < 1.29 is 14.6 Å². The normalized spacial score (nSPS) is 11.7. The van der Waals surface area contributed by atoms with Gasteiger partial charge in [0.25, 0.3) is 0 Å². The number of anilines is 1. The van der Waals surface area contributed by atoms with Crippen LogP contribution in [0.1, 0.15) is 22.5 Å². The van der Waals surface area contributed by atoms with Crippen LogP contribution in [-0.2, 0) is 17.6 Å². The predicted octanol–water partition coefficient (Wildman–Crippen LogP) is 3.45. The van der Waals surface area contributed by atoms with Crippen molar-refractivity contribution in [1.29, 1.82) is 0 Å². The fraction of sp³-hybridized carbons (Fsp3) is 0.308. The molecule has 0 aliphatic carbocycles. The lowest BCUT2D eigenvalue weighted by molar-refractivity contribution is -0.115. The van der Waals surface area contributed by atoms with E-state index in [0.29, 0.717) is 6.54 Å². The van der Waals surface area contributed by atoms with E-state index in [2.05, 4.69) is 15.6 Å². The standard InChI is InChI=1S/C26H31N3O3/c1-19-14-20(2)28-23(15-19)16-26(31)29-22-10-8-21(9-11-22)12-13-27-17-24(30)18-32-25-6-4-3-5-7-25/h3-11,14-15,24,27,30H,12-13,16-18H2,1-2H3,(H,29,31)/t24-/m0/s1. The van der Waals surface area contributed by atoms with Crippen LogP contribution in [0.4, 0.5) is 5.69 Å². The van der Waals surface area contributed by atoms with Crippen LogP contribution in [0.3, 0.4) is 0 Å². The number of aromatic nitrogens is 1. The van der Waals surface area contributed by atoms with Crippen LogP contribution in [0.25, 0.3) is 0 Å². The van der Waals surface area contributed by atoms with Crippen LogP contribution in [0.2, 0.25) is 0 Å². The Labute approximate surface area is 189 Å². The van der Waals surface area contributed by atoms with Crippen molar-refractivity contribution in [3.63, 3.8) is 0 Å². The quantitative estimate of drug-likeness (QED) is 0.404. The van der Waals surface area contributed by atoms with Crippen LogP contribution >= 0.6 is 0 Å². The lowest BCUT2D eigenvalue weighted by Crippen LogP contribution is -2.32. The fourth-order valence-electron chi connectivity index (χ4n) is 3.41. The van der Waals surface area contributed by atoms with E-state index in [0.717, 1.165) is 46.9 Å². The third kappa shape index (κ3) is 8.13. The van der Waals surface area contributed by atoms with Gasteiger partial charge in [-0.05, 0) is 74.3 Å². The number of aryl methyl sites for hydroxylation is 2. The van der Waals surface area contributed by atoms with Gasteiger partial charge in [0.15, 0.2) is 0 Å². The second-order valence-corrected chi connectivity index (χ2v) is 7.93. The molecule has 6 heteroatoms. The fourth-order valence-corrected chi connectivity index (χ4v) is 3.41. The molecule has 1 heterocycles. The Morgan fingerprint density at radius 3 is 2.53 bits per heavy atom. The molecule has 0 aliphatic heterocycles. The maximum Gasteiger partial charge on any atom is 0.230 e. The van der Waals surface area contributed by atoms with E-state index in [1.54, 1.807) is 0 Å². The summed E-state index contributed by atoms with van der Waals surface area (Å²) in [6, 6.07) is 21.2. The van der Waals surface area contributed by atoms with Crippen molar-refractivity contribution in [1.82, 2.24) is 10.3 Å². The summed E-state index contributed by atoms with van der Waals surface area (Å²) in [6.07, 6.45) is 0.511. The van der Waals surface area contributed by atoms with E-state index < -0.39 is 6.10 Å². The summed E-state index contributed by atoms with van der Waals surface area (Å²) in [5.74, 6) is 0.674. The van der Waals surface area contributed by atoms with E-state index in [1.165, 1.54) is 0 Å². The Morgan fingerprint density at radius 1 is 1.06 bits per heavy atom. The van der Waals surface area contributed by atoms with Crippen molar-refractivity contribution in [2.45, 2.75) is 32.8 Å². The highest BCUT2D eigenvalue weighted by Gasteiger charge is 2.07. The minimum Gasteiger partial charge on any atom is -0.491 e. The van der Waals surface area contributed by atoms with Crippen molar-refractivity contribution >= 4 is 11.6 Å². The van der Waals surface area contributed by atoms with Gasteiger partial charge in [0.1, 0.15) is 18.5 Å². The molecule has 0 radical (unpaired) electrons. The van der Waals surface area contributed by atoms with Gasteiger partial charge in [0.2, 0.25) is 5.91 Å². The van der Waals surface area contributed by atoms with Gasteiger partial charge in [-0.3, -0.25) is 9.78 Å². The molecule has 0 aliphatic rings. The van der Waals surface area contributed by atoms with Crippen molar-refractivity contribution in [2.24, 2.45) is 0 Å². The maximum absolute atomic E-state index is 12.3. The predicted molar refractivity (Wildman–Crippen MR) is 127 cm³/mol. The second-order valence-electron chi connectivity index (χ2n) is 7.93. The average molecular weight is 434 g/mol. The molecule has 0 bridgehead atoms. The zero-order valence-electron chi connectivity index (χ0n) is 18.7. The van der Waals surface area contributed by atoms with E-state index >= 15 is 0 Å². The molecule has 0 fully saturated rings. The number of pyridine rings is 1. The van der Waals surface area contributed by atoms with E-state index in [-0.39, 0.29) is 18.9 Å². The number of benzene rings is 2. The van der Waals surface area contributed by atoms with Crippen molar-refractivity contribution in [2.75, 3.05) is 25.0 Å². The summed E-state index contributed by atoms with van der Waals surface area (Å²) >= 11 is 0. The Kier molecular flexibility index (Phi) is 8.78. The lowest BCUT2D eigenvalue weighted by Gasteiger charge is -2.13. The van der Waals surface area contributed by atoms with Gasteiger partial charge in [-0.2, -0.15) is 0 Å². The van der Waals surface area contributed by atoms with Gasteiger partial charge in [-0.25, -0.2) is 0 Å². The molecule has 6 nitrogen and oxygen atoms in total. The third-order valence-electron chi connectivity index (χ3n) is 4.89. The topological polar surface area (TPSA) is 83.5 Å². The minimum absolute atomic E-state index is 0.0800. The molecule has 32 heavy (non-hydrogen) atoms. The number of carbonyl (C=O) groups excluding carboxylic acids is 1. The highest BCUT2D eigenvalue weighted by molar-refractivity contribution is 5.92. The molecule has 3 aromatic rings. The number of nitrogens with one attached hydrogen (secondary N) is 2. The number of hydrogen-bond donors (Lipinski definition) is 3. The summed E-state index contributed by atoms with van der Waals surface area (Å²) < 4.78 is 5.55. The van der Waals surface area contributed by atoms with Crippen molar-refractivity contribution in [3.05, 3.63) is 89.2 Å². The summed E-state index contributed by atoms with van der Waals surface area (Å²) in [6.45, 7) is 5.40. The number of ether oxygens (including phenoxy) is 1. The molecular formula is C26H31N3O3. The number of amides is 1. The van der Waals surface area contributed by atoms with Gasteiger partial charge in [-0.1, -0.05) is 30.3 Å². The molecule has 0 saturated carbocycles. The van der Waals surface area contributed by atoms with Crippen molar-refractivity contribution in [3.8, 4) is 5.75 Å². The second kappa shape index (κ2) is 12.0. The first-order valence-corrected chi connectivity index (χ1v) is 10.9. The Morgan fingerprint density at radius 2 is 1.81 bits per heavy atom. The number of nitrogens with zero attached hydrogens (tertiary/aromatic N) is 1. The minimum atomic E-state index is -0.570. The number of carbonyl (C=O) groups is 1. The van der Waals surface area contributed by atoms with Gasteiger partial charge in [-0.15, -0.1) is 0 Å². The number of para-hydroxylation sites is 1. The summed E-state index contributed by atoms with van der Waals surface area (Å²) in [5.41, 5.74) is 4.72. The Balaban J connectivity index is 1.34. The molecule has 168 valence electrons. The summed E-state index contributed by atoms with van der Waals surface area (Å²) in [5, 5.41) is 16.2. The molecule has 0 saturated heterocycles. The number of hydrogen-bond acceptors (Lipinski definition) is 5. The number of rotatable bonds is 11. The average Bonchev–Trinajstić information content (AvgIpc) is 2.76. The van der Waals surface area contributed by atoms with E-state index in [9.17, 15) is 9.90 Å². The van der Waals surface area contributed by atoms with Gasteiger partial charge >= 0.3 is 0 Å². The molecule has 3 N–H and O–H groups in total. The number of aliphatic hydroxyl groups is 1. The monoisotopic (exact) mass is 433 g/mol. The third-order valence-corrected chi connectivity index (χ3v) is 4.89. The smallest absolute Gasteiger partial charge is 0.230 e. The van der Waals surface area contributed by atoms with E-state index in [4.69, 9.17) is 4.74 Å². The molecule has 2 aromatic carbocycles. The van der Waals surface area contributed by atoms with E-state index in [1.807, 2.05) is 80.6 Å². The first-order chi connectivity index (χ1) is 15.5. The highest BCUT2D eigenvalue weighted by Crippen LogP contribution is 2.12. The van der Waals surface area contributed by atoms with Crippen LogP contribution in [0, 0.1) is 13.8 Å². The van der Waals surface area contributed by atoms with Gasteiger partial charge in [0.05, 0.1) is 12.1 Å². The van der Waals surface area contributed by atoms with Crippen LogP contribution in [0.15, 0.2) is 66.7 Å². The Bertz CT molecular complexity index is 971. The lowest BCUT2D eigenvalue weighted by atomic mass is 10.1. The molecule has 1 atom stereocenters. The molecule has 0 unspecified atom stereocenters. The summed E-state index contributed by atoms with van der Waals surface area (Å²) in [7, 11) is 0. The van der Waals surface area contributed by atoms with Crippen LogP contribution < -0.4 is 15.4 Å².